The number of hydrogen-bond acceptors (Lipinski definition) is 3. The highest BCUT2D eigenvalue weighted by atomic mass is 15.3. The van der Waals surface area contributed by atoms with Crippen molar-refractivity contribution in [3.05, 3.63) is 18.2 Å². The molecule has 0 aromatic carbocycles. The first-order chi connectivity index (χ1) is 9.38. The molecule has 1 N–H and O–H groups in total. The van der Waals surface area contributed by atoms with Crippen molar-refractivity contribution >= 4 is 0 Å². The molecule has 1 aromatic rings. The SMILES string of the molecule is CCNC1CCCCCC1N1CCn2ccnc2C1. The first kappa shape index (κ1) is 13.1. The largest absolute Gasteiger partial charge is 0.333 e. The molecule has 0 bridgehead atoms. The maximum Gasteiger partial charge on any atom is 0.122 e. The highest BCUT2D eigenvalue weighted by molar-refractivity contribution is 4.98. The fraction of sp³-hybridized carbons (Fsp3) is 0.800. The lowest BCUT2D eigenvalue weighted by Gasteiger charge is -2.38. The molecule has 0 saturated heterocycles. The van der Waals surface area contributed by atoms with E-state index in [2.05, 4.69) is 32.9 Å². The van der Waals surface area contributed by atoms with Gasteiger partial charge in [-0.2, -0.15) is 0 Å². The van der Waals surface area contributed by atoms with Gasteiger partial charge in [0.15, 0.2) is 0 Å². The van der Waals surface area contributed by atoms with Crippen molar-refractivity contribution in [2.45, 2.75) is 64.2 Å². The molecular formula is C15H26N4. The lowest BCUT2D eigenvalue weighted by Crippen LogP contribution is -2.51. The van der Waals surface area contributed by atoms with Crippen LogP contribution in [-0.4, -0.2) is 39.6 Å². The summed E-state index contributed by atoms with van der Waals surface area (Å²) in [6, 6.07) is 1.38. The zero-order valence-electron chi connectivity index (χ0n) is 12.0. The van der Waals surface area contributed by atoms with E-state index < -0.39 is 0 Å². The van der Waals surface area contributed by atoms with Crippen LogP contribution in [0.3, 0.4) is 0 Å². The number of likely N-dealkylation sites (N-methyl/N-ethyl adjacent to an activating group) is 1. The van der Waals surface area contributed by atoms with Crippen LogP contribution in [0.15, 0.2) is 12.4 Å². The Kier molecular flexibility index (Phi) is 4.18. The van der Waals surface area contributed by atoms with Gasteiger partial charge in [-0.05, 0) is 19.4 Å². The third kappa shape index (κ3) is 2.84. The van der Waals surface area contributed by atoms with Crippen molar-refractivity contribution in [2.24, 2.45) is 0 Å². The van der Waals surface area contributed by atoms with Gasteiger partial charge in [-0.15, -0.1) is 0 Å². The first-order valence-corrected chi connectivity index (χ1v) is 7.86. The highest BCUT2D eigenvalue weighted by Gasteiger charge is 2.30. The summed E-state index contributed by atoms with van der Waals surface area (Å²) in [6.45, 7) is 6.62. The van der Waals surface area contributed by atoms with Gasteiger partial charge >= 0.3 is 0 Å². The van der Waals surface area contributed by atoms with Gasteiger partial charge in [0.05, 0.1) is 6.54 Å². The fourth-order valence-corrected chi connectivity index (χ4v) is 3.70. The Balaban J connectivity index is 1.72. The Morgan fingerprint density at radius 3 is 3.05 bits per heavy atom. The topological polar surface area (TPSA) is 33.1 Å². The molecule has 19 heavy (non-hydrogen) atoms. The standard InChI is InChI=1S/C15H26N4/c1-2-16-13-6-4-3-5-7-14(13)19-11-10-18-9-8-17-15(18)12-19/h8-9,13-14,16H,2-7,10-12H2,1H3. The number of fused-ring (bicyclic) bond motifs is 1. The van der Waals surface area contributed by atoms with Crippen molar-refractivity contribution in [2.75, 3.05) is 13.1 Å². The second kappa shape index (κ2) is 6.06. The number of rotatable bonds is 3. The predicted octanol–water partition coefficient (Wildman–Crippen LogP) is 2.01. The van der Waals surface area contributed by atoms with E-state index in [1.807, 2.05) is 6.20 Å². The van der Waals surface area contributed by atoms with E-state index in [0.717, 1.165) is 19.6 Å². The van der Waals surface area contributed by atoms with E-state index >= 15 is 0 Å². The molecule has 106 valence electrons. The van der Waals surface area contributed by atoms with Crippen LogP contribution in [0, 0.1) is 0 Å². The third-order valence-electron chi connectivity index (χ3n) is 4.69. The third-order valence-corrected chi connectivity index (χ3v) is 4.69. The minimum Gasteiger partial charge on any atom is -0.333 e. The summed E-state index contributed by atoms with van der Waals surface area (Å²) in [6.07, 6.45) is 10.9. The van der Waals surface area contributed by atoms with Gasteiger partial charge < -0.3 is 9.88 Å². The number of nitrogens with zero attached hydrogens (tertiary/aromatic N) is 3. The Labute approximate surface area is 116 Å². The predicted molar refractivity (Wildman–Crippen MR) is 77.0 cm³/mol. The van der Waals surface area contributed by atoms with Crippen molar-refractivity contribution in [3.63, 3.8) is 0 Å². The van der Waals surface area contributed by atoms with Crippen molar-refractivity contribution in [1.29, 1.82) is 0 Å². The number of aromatic nitrogens is 2. The minimum absolute atomic E-state index is 0.675. The fourth-order valence-electron chi connectivity index (χ4n) is 3.70. The second-order valence-electron chi connectivity index (χ2n) is 5.88. The van der Waals surface area contributed by atoms with Gasteiger partial charge in [0.1, 0.15) is 5.82 Å². The first-order valence-electron chi connectivity index (χ1n) is 7.86. The lowest BCUT2D eigenvalue weighted by atomic mass is 10.0. The molecule has 1 aliphatic heterocycles. The summed E-state index contributed by atoms with van der Waals surface area (Å²) in [5.41, 5.74) is 0. The summed E-state index contributed by atoms with van der Waals surface area (Å²) in [7, 11) is 0. The summed E-state index contributed by atoms with van der Waals surface area (Å²) in [5, 5.41) is 3.72. The van der Waals surface area contributed by atoms with E-state index in [-0.39, 0.29) is 0 Å². The zero-order chi connectivity index (χ0) is 13.1. The Morgan fingerprint density at radius 1 is 1.26 bits per heavy atom. The second-order valence-corrected chi connectivity index (χ2v) is 5.88. The molecule has 2 heterocycles. The van der Waals surface area contributed by atoms with Crippen LogP contribution in [0.4, 0.5) is 0 Å². The van der Waals surface area contributed by atoms with Gasteiger partial charge in [0, 0.05) is 37.6 Å². The van der Waals surface area contributed by atoms with E-state index in [4.69, 9.17) is 0 Å². The molecule has 0 spiro atoms. The monoisotopic (exact) mass is 262 g/mol. The number of hydrogen-bond donors (Lipinski definition) is 1. The zero-order valence-corrected chi connectivity index (χ0v) is 12.0. The Morgan fingerprint density at radius 2 is 2.16 bits per heavy atom. The van der Waals surface area contributed by atoms with E-state index in [1.54, 1.807) is 0 Å². The average molecular weight is 262 g/mol. The lowest BCUT2D eigenvalue weighted by molar-refractivity contribution is 0.115. The molecule has 0 radical (unpaired) electrons. The molecule has 4 heteroatoms. The molecule has 0 amide bonds. The van der Waals surface area contributed by atoms with Crippen LogP contribution < -0.4 is 5.32 Å². The average Bonchev–Trinajstić information content (AvgIpc) is 2.77. The molecule has 4 nitrogen and oxygen atoms in total. The molecule has 2 atom stereocenters. The quantitative estimate of drug-likeness (QED) is 0.846. The van der Waals surface area contributed by atoms with Gasteiger partial charge in [0.25, 0.3) is 0 Å². The van der Waals surface area contributed by atoms with E-state index in [1.165, 1.54) is 44.5 Å². The van der Waals surface area contributed by atoms with E-state index in [9.17, 15) is 0 Å². The van der Waals surface area contributed by atoms with Gasteiger partial charge in [0.2, 0.25) is 0 Å². The molecule has 2 unspecified atom stereocenters. The van der Waals surface area contributed by atoms with Crippen LogP contribution in [0.2, 0.25) is 0 Å². The molecule has 1 saturated carbocycles. The molecule has 1 aromatic heterocycles. The van der Waals surface area contributed by atoms with Crippen LogP contribution in [0.1, 0.15) is 44.9 Å². The smallest absolute Gasteiger partial charge is 0.122 e. The Hall–Kier alpha value is -0.870. The van der Waals surface area contributed by atoms with E-state index in [0.29, 0.717) is 12.1 Å². The van der Waals surface area contributed by atoms with Crippen LogP contribution >= 0.6 is 0 Å². The summed E-state index contributed by atoms with van der Waals surface area (Å²) < 4.78 is 2.30. The van der Waals surface area contributed by atoms with Gasteiger partial charge in [-0.1, -0.05) is 26.2 Å². The maximum absolute atomic E-state index is 4.50. The maximum atomic E-state index is 4.50. The van der Waals surface area contributed by atoms with Gasteiger partial charge in [-0.3, -0.25) is 4.90 Å². The van der Waals surface area contributed by atoms with Crippen LogP contribution in [-0.2, 0) is 13.1 Å². The van der Waals surface area contributed by atoms with Crippen LogP contribution in [0.5, 0.6) is 0 Å². The van der Waals surface area contributed by atoms with Crippen LogP contribution in [0.25, 0.3) is 0 Å². The molecule has 1 fully saturated rings. The van der Waals surface area contributed by atoms with Crippen molar-refractivity contribution < 1.29 is 0 Å². The minimum atomic E-state index is 0.675. The van der Waals surface area contributed by atoms with Gasteiger partial charge in [-0.25, -0.2) is 4.98 Å². The summed E-state index contributed by atoms with van der Waals surface area (Å²) in [5.74, 6) is 1.24. The summed E-state index contributed by atoms with van der Waals surface area (Å²) >= 11 is 0. The molecule has 3 rings (SSSR count). The summed E-state index contributed by atoms with van der Waals surface area (Å²) in [4.78, 5) is 7.16. The van der Waals surface area contributed by atoms with Crippen molar-refractivity contribution in [3.8, 4) is 0 Å². The number of nitrogens with one attached hydrogen (secondary N) is 1. The molecule has 2 aliphatic rings. The highest BCUT2D eigenvalue weighted by Crippen LogP contribution is 2.25. The van der Waals surface area contributed by atoms with Crippen molar-refractivity contribution in [1.82, 2.24) is 19.8 Å². The molecule has 1 aliphatic carbocycles. The molecular weight excluding hydrogens is 236 g/mol. The Bertz CT molecular complexity index is 401. The number of imidazole rings is 1. The normalized spacial score (nSPS) is 28.9.